The molecule has 1 aromatic carbocycles. The summed E-state index contributed by atoms with van der Waals surface area (Å²) >= 11 is 0. The number of aliphatic carboxylic acids is 1. The van der Waals surface area contributed by atoms with Crippen molar-refractivity contribution >= 4 is 11.9 Å². The van der Waals surface area contributed by atoms with Gasteiger partial charge >= 0.3 is 5.97 Å². The molecule has 1 amide bonds. The summed E-state index contributed by atoms with van der Waals surface area (Å²) in [6.45, 7) is 5.93. The predicted molar refractivity (Wildman–Crippen MR) is 80.1 cm³/mol. The molecule has 0 aliphatic heterocycles. The van der Waals surface area contributed by atoms with E-state index in [-0.39, 0.29) is 25.5 Å². The average molecular weight is 291 g/mol. The van der Waals surface area contributed by atoms with Crippen molar-refractivity contribution in [3.63, 3.8) is 0 Å². The largest absolute Gasteiger partial charge is 0.493 e. The second-order valence-electron chi connectivity index (χ2n) is 4.74. The zero-order valence-electron chi connectivity index (χ0n) is 12.2. The molecule has 5 nitrogen and oxygen atoms in total. The SMILES string of the molecule is C=CCN(CC(C)C(=O)O)C(=O)CCOc1ccccc1. The van der Waals surface area contributed by atoms with E-state index in [2.05, 4.69) is 6.58 Å². The Morgan fingerprint density at radius 2 is 2.05 bits per heavy atom. The first-order chi connectivity index (χ1) is 10.0. The molecule has 21 heavy (non-hydrogen) atoms. The van der Waals surface area contributed by atoms with E-state index in [0.717, 1.165) is 0 Å². The Labute approximate surface area is 124 Å². The number of rotatable bonds is 9. The normalized spacial score (nSPS) is 11.5. The zero-order chi connectivity index (χ0) is 15.7. The molecule has 1 N–H and O–H groups in total. The molecule has 5 heteroatoms. The van der Waals surface area contributed by atoms with Gasteiger partial charge in [0, 0.05) is 13.1 Å². The molecule has 0 saturated heterocycles. The number of benzene rings is 1. The van der Waals surface area contributed by atoms with Gasteiger partial charge in [0.25, 0.3) is 0 Å². The van der Waals surface area contributed by atoms with Crippen LogP contribution in [0.5, 0.6) is 5.75 Å². The molecule has 1 unspecified atom stereocenters. The molecule has 114 valence electrons. The Morgan fingerprint density at radius 1 is 1.38 bits per heavy atom. The van der Waals surface area contributed by atoms with Crippen LogP contribution in [0.2, 0.25) is 0 Å². The predicted octanol–water partition coefficient (Wildman–Crippen LogP) is 2.19. The number of carbonyl (C=O) groups excluding carboxylic acids is 1. The van der Waals surface area contributed by atoms with Crippen LogP contribution in [-0.2, 0) is 9.59 Å². The molecule has 0 aliphatic carbocycles. The number of carboxylic acid groups (broad SMARTS) is 1. The summed E-state index contributed by atoms with van der Waals surface area (Å²) in [5.74, 6) is -0.959. The van der Waals surface area contributed by atoms with Gasteiger partial charge in [0.05, 0.1) is 18.9 Å². The van der Waals surface area contributed by atoms with Gasteiger partial charge in [0.15, 0.2) is 0 Å². The topological polar surface area (TPSA) is 66.8 Å². The fraction of sp³-hybridized carbons (Fsp3) is 0.375. The van der Waals surface area contributed by atoms with Crippen LogP contribution in [0.1, 0.15) is 13.3 Å². The summed E-state index contributed by atoms with van der Waals surface area (Å²) in [7, 11) is 0. The number of para-hydroxylation sites is 1. The highest BCUT2D eigenvalue weighted by Gasteiger charge is 2.19. The number of carboxylic acids is 1. The van der Waals surface area contributed by atoms with Gasteiger partial charge in [0.1, 0.15) is 5.75 Å². The molecule has 0 aromatic heterocycles. The molecular weight excluding hydrogens is 270 g/mol. The van der Waals surface area contributed by atoms with Crippen molar-refractivity contribution in [1.29, 1.82) is 0 Å². The van der Waals surface area contributed by atoms with Crippen LogP contribution >= 0.6 is 0 Å². The zero-order valence-corrected chi connectivity index (χ0v) is 12.2. The fourth-order valence-corrected chi connectivity index (χ4v) is 1.77. The molecule has 1 atom stereocenters. The van der Waals surface area contributed by atoms with E-state index in [1.807, 2.05) is 30.3 Å². The minimum Gasteiger partial charge on any atom is -0.493 e. The quantitative estimate of drug-likeness (QED) is 0.708. The fourth-order valence-electron chi connectivity index (χ4n) is 1.77. The molecular formula is C16H21NO4. The van der Waals surface area contributed by atoms with Gasteiger partial charge in [-0.2, -0.15) is 0 Å². The van der Waals surface area contributed by atoms with E-state index < -0.39 is 11.9 Å². The Hall–Kier alpha value is -2.30. The van der Waals surface area contributed by atoms with Crippen molar-refractivity contribution in [1.82, 2.24) is 4.90 Å². The van der Waals surface area contributed by atoms with E-state index in [1.165, 1.54) is 4.90 Å². The third kappa shape index (κ3) is 6.12. The summed E-state index contributed by atoms with van der Waals surface area (Å²) in [6.07, 6.45) is 1.79. The Bertz CT molecular complexity index is 472. The van der Waals surface area contributed by atoms with Crippen molar-refractivity contribution < 1.29 is 19.4 Å². The number of ether oxygens (including phenoxy) is 1. The van der Waals surface area contributed by atoms with E-state index in [9.17, 15) is 9.59 Å². The van der Waals surface area contributed by atoms with E-state index in [1.54, 1.807) is 13.0 Å². The summed E-state index contributed by atoms with van der Waals surface area (Å²) in [5, 5.41) is 8.92. The molecule has 0 fully saturated rings. The highest BCUT2D eigenvalue weighted by Crippen LogP contribution is 2.09. The van der Waals surface area contributed by atoms with Gasteiger partial charge in [-0.15, -0.1) is 6.58 Å². The number of nitrogens with zero attached hydrogens (tertiary/aromatic N) is 1. The summed E-state index contributed by atoms with van der Waals surface area (Å²) in [6, 6.07) is 9.24. The van der Waals surface area contributed by atoms with Gasteiger partial charge < -0.3 is 14.7 Å². The monoisotopic (exact) mass is 291 g/mol. The Morgan fingerprint density at radius 3 is 2.62 bits per heavy atom. The smallest absolute Gasteiger partial charge is 0.308 e. The lowest BCUT2D eigenvalue weighted by Gasteiger charge is -2.23. The second kappa shape index (κ2) is 8.79. The van der Waals surface area contributed by atoms with Crippen LogP contribution in [0.15, 0.2) is 43.0 Å². The first-order valence-corrected chi connectivity index (χ1v) is 6.84. The first-order valence-electron chi connectivity index (χ1n) is 6.84. The highest BCUT2D eigenvalue weighted by atomic mass is 16.5. The van der Waals surface area contributed by atoms with Crippen LogP contribution in [0, 0.1) is 5.92 Å². The minimum atomic E-state index is -0.919. The van der Waals surface area contributed by atoms with Gasteiger partial charge in [0.2, 0.25) is 5.91 Å². The van der Waals surface area contributed by atoms with E-state index in [0.29, 0.717) is 12.3 Å². The third-order valence-corrected chi connectivity index (χ3v) is 2.95. The molecule has 0 bridgehead atoms. The minimum absolute atomic E-state index is 0.140. The van der Waals surface area contributed by atoms with Crippen LogP contribution in [0.3, 0.4) is 0 Å². The first kappa shape index (κ1) is 16.8. The lowest BCUT2D eigenvalue weighted by molar-refractivity contribution is -0.143. The van der Waals surface area contributed by atoms with Gasteiger partial charge in [-0.3, -0.25) is 9.59 Å². The standard InChI is InChI=1S/C16H21NO4/c1-3-10-17(12-13(2)16(19)20)15(18)9-11-21-14-7-5-4-6-8-14/h3-8,13H,1,9-12H2,2H3,(H,19,20). The van der Waals surface area contributed by atoms with E-state index in [4.69, 9.17) is 9.84 Å². The molecule has 1 rings (SSSR count). The van der Waals surface area contributed by atoms with Crippen molar-refractivity contribution in [3.8, 4) is 5.75 Å². The summed E-state index contributed by atoms with van der Waals surface area (Å²) in [5.41, 5.74) is 0. The molecule has 0 aliphatic rings. The van der Waals surface area contributed by atoms with Gasteiger partial charge in [-0.1, -0.05) is 31.2 Å². The molecule has 0 spiro atoms. The molecule has 0 radical (unpaired) electrons. The maximum absolute atomic E-state index is 12.1. The van der Waals surface area contributed by atoms with Crippen molar-refractivity contribution in [2.45, 2.75) is 13.3 Å². The van der Waals surface area contributed by atoms with Gasteiger partial charge in [-0.25, -0.2) is 0 Å². The maximum atomic E-state index is 12.1. The summed E-state index contributed by atoms with van der Waals surface area (Å²) in [4.78, 5) is 24.4. The van der Waals surface area contributed by atoms with Crippen molar-refractivity contribution in [2.24, 2.45) is 5.92 Å². The number of hydrogen-bond acceptors (Lipinski definition) is 3. The van der Waals surface area contributed by atoms with Crippen molar-refractivity contribution in [3.05, 3.63) is 43.0 Å². The molecule has 0 heterocycles. The maximum Gasteiger partial charge on any atom is 0.308 e. The Balaban J connectivity index is 2.45. The van der Waals surface area contributed by atoms with Crippen LogP contribution in [0.4, 0.5) is 0 Å². The number of hydrogen-bond donors (Lipinski definition) is 1. The molecule has 0 saturated carbocycles. The lowest BCUT2D eigenvalue weighted by atomic mass is 10.1. The third-order valence-electron chi connectivity index (χ3n) is 2.95. The lowest BCUT2D eigenvalue weighted by Crippen LogP contribution is -2.37. The van der Waals surface area contributed by atoms with E-state index >= 15 is 0 Å². The van der Waals surface area contributed by atoms with Crippen LogP contribution in [0.25, 0.3) is 0 Å². The molecule has 1 aromatic rings. The average Bonchev–Trinajstić information content (AvgIpc) is 2.47. The number of amides is 1. The highest BCUT2D eigenvalue weighted by molar-refractivity contribution is 5.77. The van der Waals surface area contributed by atoms with Gasteiger partial charge in [-0.05, 0) is 12.1 Å². The van der Waals surface area contributed by atoms with Crippen molar-refractivity contribution in [2.75, 3.05) is 19.7 Å². The Kier molecular flexibility index (Phi) is 7.01. The van der Waals surface area contributed by atoms with Crippen LogP contribution < -0.4 is 4.74 Å². The summed E-state index contributed by atoms with van der Waals surface area (Å²) < 4.78 is 5.47. The van der Waals surface area contributed by atoms with Crippen LogP contribution in [-0.4, -0.2) is 41.6 Å². The number of carbonyl (C=O) groups is 2. The second-order valence-corrected chi connectivity index (χ2v) is 4.74.